The minimum Gasteiger partial charge on any atom is -0.339 e. The number of aryl methyl sites for hydroxylation is 1. The van der Waals surface area contributed by atoms with Crippen molar-refractivity contribution < 1.29 is 13.2 Å². The van der Waals surface area contributed by atoms with Crippen LogP contribution in [0.25, 0.3) is 0 Å². The van der Waals surface area contributed by atoms with Gasteiger partial charge in [-0.15, -0.1) is 0 Å². The van der Waals surface area contributed by atoms with Crippen LogP contribution in [0.15, 0.2) is 53.4 Å². The average Bonchev–Trinajstić information content (AvgIpc) is 2.59. The van der Waals surface area contributed by atoms with Gasteiger partial charge in [0, 0.05) is 18.5 Å². The topological polar surface area (TPSA) is 54.5 Å². The summed E-state index contributed by atoms with van der Waals surface area (Å²) in [5.41, 5.74) is 1.94. The van der Waals surface area contributed by atoms with Crippen LogP contribution >= 0.6 is 11.6 Å². The van der Waals surface area contributed by atoms with Gasteiger partial charge in [-0.05, 0) is 43.7 Å². The van der Waals surface area contributed by atoms with Crippen molar-refractivity contribution in [3.63, 3.8) is 0 Å². The molecule has 6 heteroatoms. The summed E-state index contributed by atoms with van der Waals surface area (Å²) in [6, 6.07) is 13.8. The first-order chi connectivity index (χ1) is 11.7. The van der Waals surface area contributed by atoms with Crippen LogP contribution in [0.5, 0.6) is 0 Å². The van der Waals surface area contributed by atoms with Crippen LogP contribution in [0.1, 0.15) is 30.5 Å². The van der Waals surface area contributed by atoms with Gasteiger partial charge in [0.05, 0.1) is 16.7 Å². The summed E-state index contributed by atoms with van der Waals surface area (Å²) in [6.45, 7) is 3.79. The first-order valence-electron chi connectivity index (χ1n) is 8.01. The quantitative estimate of drug-likeness (QED) is 0.761. The molecule has 1 atom stereocenters. The maximum absolute atomic E-state index is 12.4. The zero-order valence-electron chi connectivity index (χ0n) is 14.6. The van der Waals surface area contributed by atoms with Crippen molar-refractivity contribution in [3.8, 4) is 0 Å². The molecule has 1 unspecified atom stereocenters. The molecular formula is C19H22ClNO3S. The van der Waals surface area contributed by atoms with Crippen LogP contribution < -0.4 is 0 Å². The van der Waals surface area contributed by atoms with Crippen molar-refractivity contribution in [2.45, 2.75) is 31.2 Å². The molecule has 2 rings (SSSR count). The van der Waals surface area contributed by atoms with Crippen LogP contribution in [-0.4, -0.2) is 32.0 Å². The first-order valence-corrected chi connectivity index (χ1v) is 10.0. The number of halogens is 1. The van der Waals surface area contributed by atoms with Gasteiger partial charge in [0.15, 0.2) is 9.84 Å². The molecule has 0 saturated heterocycles. The van der Waals surface area contributed by atoms with Gasteiger partial charge in [-0.1, -0.05) is 41.4 Å². The molecule has 1 amide bonds. The van der Waals surface area contributed by atoms with Gasteiger partial charge >= 0.3 is 0 Å². The number of carbonyl (C=O) groups excluding carboxylic acids is 1. The van der Waals surface area contributed by atoms with Crippen molar-refractivity contribution >= 4 is 27.3 Å². The lowest BCUT2D eigenvalue weighted by Gasteiger charge is -2.25. The van der Waals surface area contributed by atoms with E-state index in [2.05, 4.69) is 0 Å². The molecule has 2 aromatic carbocycles. The molecule has 0 heterocycles. The average molecular weight is 380 g/mol. The Bertz CT molecular complexity index is 830. The summed E-state index contributed by atoms with van der Waals surface area (Å²) in [6.07, 6.45) is -0.0510. The minimum atomic E-state index is -3.47. The Morgan fingerprint density at radius 2 is 1.64 bits per heavy atom. The number of sulfone groups is 1. The monoisotopic (exact) mass is 379 g/mol. The Morgan fingerprint density at radius 3 is 2.20 bits per heavy atom. The maximum Gasteiger partial charge on any atom is 0.223 e. The molecule has 0 aliphatic rings. The van der Waals surface area contributed by atoms with Crippen LogP contribution in [0.2, 0.25) is 5.02 Å². The van der Waals surface area contributed by atoms with E-state index >= 15 is 0 Å². The predicted octanol–water partition coefficient (Wildman–Crippen LogP) is 4.03. The van der Waals surface area contributed by atoms with E-state index in [-0.39, 0.29) is 29.0 Å². The third-order valence-electron chi connectivity index (χ3n) is 4.29. The summed E-state index contributed by atoms with van der Waals surface area (Å²) in [5.74, 6) is -0.412. The predicted molar refractivity (Wildman–Crippen MR) is 100 cm³/mol. The first kappa shape index (κ1) is 19.5. The van der Waals surface area contributed by atoms with E-state index in [0.29, 0.717) is 5.02 Å². The Balaban J connectivity index is 2.01. The van der Waals surface area contributed by atoms with E-state index in [0.717, 1.165) is 11.1 Å². The molecule has 0 aliphatic carbocycles. The number of carbonyl (C=O) groups is 1. The molecule has 0 radical (unpaired) electrons. The van der Waals surface area contributed by atoms with Crippen molar-refractivity contribution in [2.24, 2.45) is 0 Å². The van der Waals surface area contributed by atoms with Gasteiger partial charge in [0.25, 0.3) is 0 Å². The van der Waals surface area contributed by atoms with Crippen LogP contribution in [-0.2, 0) is 14.6 Å². The second-order valence-electron chi connectivity index (χ2n) is 6.11. The van der Waals surface area contributed by atoms with Gasteiger partial charge < -0.3 is 4.90 Å². The lowest BCUT2D eigenvalue weighted by molar-refractivity contribution is -0.131. The van der Waals surface area contributed by atoms with Gasteiger partial charge in [0.1, 0.15) is 0 Å². The Morgan fingerprint density at radius 1 is 1.08 bits per heavy atom. The van der Waals surface area contributed by atoms with Gasteiger partial charge in [-0.25, -0.2) is 8.42 Å². The maximum atomic E-state index is 12.4. The van der Waals surface area contributed by atoms with E-state index < -0.39 is 9.84 Å². The van der Waals surface area contributed by atoms with E-state index in [1.54, 1.807) is 48.3 Å². The number of amides is 1. The SMILES string of the molecule is Cc1ccc(S(=O)(=O)CCC(=O)N(C)C(C)c2ccc(Cl)cc2)cc1. The molecule has 134 valence electrons. The molecule has 0 N–H and O–H groups in total. The third-order valence-corrected chi connectivity index (χ3v) is 6.28. The summed E-state index contributed by atoms with van der Waals surface area (Å²) in [7, 11) is -1.79. The second-order valence-corrected chi connectivity index (χ2v) is 8.66. The van der Waals surface area contributed by atoms with Crippen molar-refractivity contribution in [3.05, 3.63) is 64.7 Å². The summed E-state index contributed by atoms with van der Waals surface area (Å²) in [4.78, 5) is 14.2. The van der Waals surface area contributed by atoms with E-state index in [1.807, 2.05) is 26.0 Å². The number of nitrogens with zero attached hydrogens (tertiary/aromatic N) is 1. The highest BCUT2D eigenvalue weighted by Gasteiger charge is 2.21. The fraction of sp³-hybridized carbons (Fsp3) is 0.316. The highest BCUT2D eigenvalue weighted by Crippen LogP contribution is 2.22. The fourth-order valence-electron chi connectivity index (χ4n) is 2.44. The zero-order valence-corrected chi connectivity index (χ0v) is 16.1. The molecule has 2 aromatic rings. The Kier molecular flexibility index (Phi) is 6.25. The lowest BCUT2D eigenvalue weighted by Crippen LogP contribution is -2.31. The van der Waals surface area contributed by atoms with E-state index in [4.69, 9.17) is 11.6 Å². The second kappa shape index (κ2) is 8.02. The number of rotatable bonds is 6. The molecule has 0 aromatic heterocycles. The van der Waals surface area contributed by atoms with E-state index in [1.165, 1.54) is 0 Å². The number of hydrogen-bond acceptors (Lipinski definition) is 3. The largest absolute Gasteiger partial charge is 0.339 e. The van der Waals surface area contributed by atoms with Gasteiger partial charge in [-0.2, -0.15) is 0 Å². The number of benzene rings is 2. The Hall–Kier alpha value is -1.85. The molecule has 0 spiro atoms. The highest BCUT2D eigenvalue weighted by molar-refractivity contribution is 7.91. The molecule has 0 aliphatic heterocycles. The standard InChI is InChI=1S/C19H22ClNO3S/c1-14-4-10-18(11-5-14)25(23,24)13-12-19(22)21(3)15(2)16-6-8-17(20)9-7-16/h4-11,15H,12-13H2,1-3H3. The Labute approximate surface area is 154 Å². The smallest absolute Gasteiger partial charge is 0.223 e. The van der Waals surface area contributed by atoms with Crippen molar-refractivity contribution in [1.82, 2.24) is 4.90 Å². The summed E-state index contributed by atoms with van der Waals surface area (Å²) >= 11 is 5.88. The summed E-state index contributed by atoms with van der Waals surface area (Å²) in [5, 5.41) is 0.633. The third kappa shape index (κ3) is 5.06. The molecular weight excluding hydrogens is 358 g/mol. The van der Waals surface area contributed by atoms with Gasteiger partial charge in [0.2, 0.25) is 5.91 Å². The highest BCUT2D eigenvalue weighted by atomic mass is 35.5. The minimum absolute atomic E-state index is 0.0510. The molecule has 25 heavy (non-hydrogen) atoms. The van der Waals surface area contributed by atoms with Crippen LogP contribution in [0, 0.1) is 6.92 Å². The van der Waals surface area contributed by atoms with E-state index in [9.17, 15) is 13.2 Å². The van der Waals surface area contributed by atoms with Gasteiger partial charge in [-0.3, -0.25) is 4.79 Å². The zero-order chi connectivity index (χ0) is 18.6. The van der Waals surface area contributed by atoms with Crippen molar-refractivity contribution in [1.29, 1.82) is 0 Å². The number of hydrogen-bond donors (Lipinski definition) is 0. The summed E-state index contributed by atoms with van der Waals surface area (Å²) < 4.78 is 24.7. The van der Waals surface area contributed by atoms with Crippen LogP contribution in [0.4, 0.5) is 0 Å². The molecule has 4 nitrogen and oxygen atoms in total. The molecule has 0 fully saturated rings. The molecule has 0 bridgehead atoms. The fourth-order valence-corrected chi connectivity index (χ4v) is 3.80. The molecule has 0 saturated carbocycles. The van der Waals surface area contributed by atoms with Crippen molar-refractivity contribution in [2.75, 3.05) is 12.8 Å². The normalized spacial score (nSPS) is 12.6. The van der Waals surface area contributed by atoms with Crippen LogP contribution in [0.3, 0.4) is 0 Å². The lowest BCUT2D eigenvalue weighted by atomic mass is 10.1.